The topological polar surface area (TPSA) is 106 Å². The molecule has 42 heavy (non-hydrogen) atoms. The number of aliphatic hydroxyl groups is 1. The lowest BCUT2D eigenvalue weighted by Gasteiger charge is -2.56. The van der Waals surface area contributed by atoms with Crippen LogP contribution in [0.15, 0.2) is 52.9 Å². The molecule has 4 bridgehead atoms. The Kier molecular flexibility index (Phi) is 8.00. The highest BCUT2D eigenvalue weighted by Crippen LogP contribution is 2.55. The molecule has 0 unspecified atom stereocenters. The standard InChI is InChI=1S/C32H38N4O4S2/c1-19-35-36-31(42-19)41-18-27-13-28(24-7-5-20(17-37)6-8-24)40-29(39-27)25-3-2-4-26(12-25)33-30(38)34-32-14-21-9-22(15-32)11-23(10-21)16-32/h2-8,12,21-23,27-29,37H,9-11,13-18H2,1H3,(H2,33,34,38)/t21?,22?,23?,27-,28+,29+,32?/m1/s1. The van der Waals surface area contributed by atoms with Crippen molar-refractivity contribution < 1.29 is 19.4 Å². The fourth-order valence-electron chi connectivity index (χ4n) is 7.95. The molecule has 10 heteroatoms. The first-order valence-electron chi connectivity index (χ1n) is 15.0. The second-order valence-electron chi connectivity index (χ2n) is 12.7. The first kappa shape index (κ1) is 28.3. The molecule has 1 aliphatic heterocycles. The summed E-state index contributed by atoms with van der Waals surface area (Å²) in [6.45, 7) is 1.97. The molecule has 5 aliphatic rings. The second-order valence-corrected chi connectivity index (χ2v) is 15.1. The summed E-state index contributed by atoms with van der Waals surface area (Å²) in [6.07, 6.45) is 7.26. The molecule has 3 aromatic rings. The van der Waals surface area contributed by atoms with Crippen LogP contribution in [-0.2, 0) is 16.1 Å². The van der Waals surface area contributed by atoms with Crippen molar-refractivity contribution in [3.63, 3.8) is 0 Å². The van der Waals surface area contributed by atoms with Gasteiger partial charge < -0.3 is 25.2 Å². The average molecular weight is 607 g/mol. The lowest BCUT2D eigenvalue weighted by molar-refractivity contribution is -0.245. The monoisotopic (exact) mass is 606 g/mol. The number of aromatic nitrogens is 2. The van der Waals surface area contributed by atoms with E-state index >= 15 is 0 Å². The number of thioether (sulfide) groups is 1. The number of ether oxygens (including phenoxy) is 2. The third-order valence-electron chi connectivity index (χ3n) is 9.35. The summed E-state index contributed by atoms with van der Waals surface area (Å²) in [5.41, 5.74) is 3.46. The molecular formula is C32H38N4O4S2. The quantitative estimate of drug-likeness (QED) is 0.243. The van der Waals surface area contributed by atoms with Crippen molar-refractivity contribution in [1.29, 1.82) is 0 Å². The molecule has 8 rings (SSSR count). The first-order valence-corrected chi connectivity index (χ1v) is 16.8. The fourth-order valence-corrected chi connectivity index (χ4v) is 9.81. The highest BCUT2D eigenvalue weighted by molar-refractivity contribution is 8.01. The smallest absolute Gasteiger partial charge is 0.319 e. The molecule has 222 valence electrons. The molecule has 1 saturated heterocycles. The van der Waals surface area contributed by atoms with Gasteiger partial charge in [-0.1, -0.05) is 59.5 Å². The fraction of sp³-hybridized carbons (Fsp3) is 0.531. The van der Waals surface area contributed by atoms with Crippen molar-refractivity contribution in [1.82, 2.24) is 15.5 Å². The largest absolute Gasteiger partial charge is 0.392 e. The number of nitrogens with one attached hydrogen (secondary N) is 2. The SMILES string of the molecule is Cc1nnc(SC[C@H]2C[C@@H](c3ccc(CO)cc3)O[C@@H](c3cccc(NC(=O)NC45CC6CC(CC(C6)C4)C5)c3)O2)s1. The van der Waals surface area contributed by atoms with Crippen LogP contribution in [0, 0.1) is 24.7 Å². The highest BCUT2D eigenvalue weighted by atomic mass is 32.2. The molecular weight excluding hydrogens is 569 g/mol. The van der Waals surface area contributed by atoms with Crippen molar-refractivity contribution in [2.45, 2.75) is 86.9 Å². The van der Waals surface area contributed by atoms with Crippen LogP contribution in [0.5, 0.6) is 0 Å². The Morgan fingerprint density at radius 2 is 1.74 bits per heavy atom. The van der Waals surface area contributed by atoms with E-state index in [-0.39, 0.29) is 30.4 Å². The molecule has 2 amide bonds. The Morgan fingerprint density at radius 3 is 2.40 bits per heavy atom. The number of urea groups is 1. The molecule has 4 saturated carbocycles. The number of nitrogens with zero attached hydrogens (tertiary/aromatic N) is 2. The summed E-state index contributed by atoms with van der Waals surface area (Å²) in [5.74, 6) is 3.05. The summed E-state index contributed by atoms with van der Waals surface area (Å²) < 4.78 is 13.9. The van der Waals surface area contributed by atoms with Gasteiger partial charge in [-0.05, 0) is 86.5 Å². The van der Waals surface area contributed by atoms with E-state index in [1.54, 1.807) is 23.1 Å². The number of rotatable bonds is 8. The third kappa shape index (κ3) is 6.24. The molecule has 4 aliphatic carbocycles. The maximum atomic E-state index is 13.2. The molecule has 0 spiro atoms. The number of hydrogen-bond donors (Lipinski definition) is 3. The molecule has 2 heterocycles. The summed E-state index contributed by atoms with van der Waals surface area (Å²) in [6, 6.07) is 15.6. The Bertz CT molecular complexity index is 1380. The number of carbonyl (C=O) groups is 1. The van der Waals surface area contributed by atoms with Gasteiger partial charge in [-0.25, -0.2) is 4.79 Å². The van der Waals surface area contributed by atoms with E-state index in [1.165, 1.54) is 19.3 Å². The molecule has 3 atom stereocenters. The summed E-state index contributed by atoms with van der Waals surface area (Å²) in [5, 5.41) is 25.3. The van der Waals surface area contributed by atoms with Crippen LogP contribution in [0.1, 0.15) is 79.0 Å². The molecule has 0 radical (unpaired) electrons. The van der Waals surface area contributed by atoms with Crippen LogP contribution in [-0.4, -0.2) is 38.7 Å². The number of aryl methyl sites for hydroxylation is 1. The van der Waals surface area contributed by atoms with E-state index < -0.39 is 6.29 Å². The molecule has 3 N–H and O–H groups in total. The number of benzene rings is 2. The van der Waals surface area contributed by atoms with Crippen molar-refractivity contribution in [2.75, 3.05) is 11.1 Å². The number of carbonyl (C=O) groups excluding carboxylic acids is 1. The maximum Gasteiger partial charge on any atom is 0.319 e. The van der Waals surface area contributed by atoms with Gasteiger partial charge in [0, 0.05) is 29.0 Å². The lowest BCUT2D eigenvalue weighted by Crippen LogP contribution is -2.60. The van der Waals surface area contributed by atoms with Crippen molar-refractivity contribution in [3.05, 3.63) is 70.2 Å². The normalized spacial score (nSPS) is 31.7. The number of hydrogen-bond acceptors (Lipinski definition) is 8. The second kappa shape index (κ2) is 11.9. The number of anilines is 1. The van der Waals surface area contributed by atoms with Gasteiger partial charge in [-0.3, -0.25) is 0 Å². The van der Waals surface area contributed by atoms with Crippen LogP contribution in [0.25, 0.3) is 0 Å². The maximum absolute atomic E-state index is 13.2. The van der Waals surface area contributed by atoms with Gasteiger partial charge in [0.25, 0.3) is 0 Å². The van der Waals surface area contributed by atoms with Gasteiger partial charge in [-0.2, -0.15) is 0 Å². The van der Waals surface area contributed by atoms with Gasteiger partial charge in [0.05, 0.1) is 18.8 Å². The van der Waals surface area contributed by atoms with Crippen molar-refractivity contribution in [3.8, 4) is 0 Å². The molecule has 5 fully saturated rings. The predicted molar refractivity (Wildman–Crippen MR) is 163 cm³/mol. The lowest BCUT2D eigenvalue weighted by atomic mass is 9.53. The van der Waals surface area contributed by atoms with Gasteiger partial charge in [0.15, 0.2) is 10.6 Å². The van der Waals surface area contributed by atoms with E-state index in [1.807, 2.05) is 55.5 Å². The van der Waals surface area contributed by atoms with E-state index in [2.05, 4.69) is 20.8 Å². The Hall–Kier alpha value is -2.50. The van der Waals surface area contributed by atoms with Crippen molar-refractivity contribution in [2.24, 2.45) is 17.8 Å². The molecule has 2 aromatic carbocycles. The van der Waals surface area contributed by atoms with Gasteiger partial charge in [0.1, 0.15) is 5.01 Å². The van der Waals surface area contributed by atoms with Crippen molar-refractivity contribution >= 4 is 34.8 Å². The third-order valence-corrected chi connectivity index (χ3v) is 11.5. The van der Waals surface area contributed by atoms with Crippen LogP contribution < -0.4 is 10.6 Å². The van der Waals surface area contributed by atoms with Gasteiger partial charge >= 0.3 is 6.03 Å². The first-order chi connectivity index (χ1) is 20.4. The van der Waals surface area contributed by atoms with Crippen LogP contribution >= 0.6 is 23.1 Å². The summed E-state index contributed by atoms with van der Waals surface area (Å²) in [4.78, 5) is 13.2. The zero-order valence-electron chi connectivity index (χ0n) is 23.8. The Balaban J connectivity index is 1.05. The Morgan fingerprint density at radius 1 is 1.00 bits per heavy atom. The van der Waals surface area contributed by atoms with E-state index in [0.29, 0.717) is 6.42 Å². The van der Waals surface area contributed by atoms with Gasteiger partial charge in [-0.15, -0.1) is 10.2 Å². The van der Waals surface area contributed by atoms with Crippen LogP contribution in [0.4, 0.5) is 10.5 Å². The van der Waals surface area contributed by atoms with E-state index in [4.69, 9.17) is 9.47 Å². The molecule has 8 nitrogen and oxygen atoms in total. The summed E-state index contributed by atoms with van der Waals surface area (Å²) >= 11 is 3.24. The zero-order chi connectivity index (χ0) is 28.7. The minimum atomic E-state index is -0.587. The number of amides is 2. The average Bonchev–Trinajstić information content (AvgIpc) is 3.40. The van der Waals surface area contributed by atoms with Crippen LogP contribution in [0.3, 0.4) is 0 Å². The van der Waals surface area contributed by atoms with Gasteiger partial charge in [0.2, 0.25) is 0 Å². The highest BCUT2D eigenvalue weighted by Gasteiger charge is 2.51. The zero-order valence-corrected chi connectivity index (χ0v) is 25.5. The Labute approximate surface area is 255 Å². The minimum Gasteiger partial charge on any atom is -0.392 e. The van der Waals surface area contributed by atoms with E-state index in [9.17, 15) is 9.90 Å². The molecule has 1 aromatic heterocycles. The summed E-state index contributed by atoms with van der Waals surface area (Å²) in [7, 11) is 0. The number of aliphatic hydroxyl groups excluding tert-OH is 1. The van der Waals surface area contributed by atoms with Crippen LogP contribution in [0.2, 0.25) is 0 Å². The predicted octanol–water partition coefficient (Wildman–Crippen LogP) is 6.77. The van der Waals surface area contributed by atoms with E-state index in [0.717, 1.165) is 74.5 Å². The minimum absolute atomic E-state index is 0.00824.